The number of aromatic nitrogens is 1. The molecule has 0 N–H and O–H groups in total. The number of rotatable bonds is 14. The molecule has 154 valence electrons. The van der Waals surface area contributed by atoms with Gasteiger partial charge in [0.25, 0.3) is 0 Å². The molecule has 1 aromatic heterocycles. The first-order chi connectivity index (χ1) is 13.7. The molecule has 28 heavy (non-hydrogen) atoms. The summed E-state index contributed by atoms with van der Waals surface area (Å²) >= 11 is 1.70. The monoisotopic (exact) mass is 407 g/mol. The van der Waals surface area contributed by atoms with Gasteiger partial charge < -0.3 is 24.2 Å². The standard InChI is InChI=1S/C21H29NO5S/c1-18-19(2)22(23)9-8-21(18)28-17-16-26-13-12-24-10-11-25-14-15-27-20-6-4-3-5-7-20/h3-9H,10-17H2,1-2H3. The van der Waals surface area contributed by atoms with E-state index in [9.17, 15) is 5.21 Å². The molecule has 0 bridgehead atoms. The summed E-state index contributed by atoms with van der Waals surface area (Å²) in [5, 5.41) is 11.5. The van der Waals surface area contributed by atoms with Crippen LogP contribution in [0.5, 0.6) is 5.75 Å². The van der Waals surface area contributed by atoms with Gasteiger partial charge in [-0.15, -0.1) is 11.8 Å². The Morgan fingerprint density at radius 3 is 2.11 bits per heavy atom. The van der Waals surface area contributed by atoms with Gasteiger partial charge in [-0.25, -0.2) is 0 Å². The van der Waals surface area contributed by atoms with Crippen molar-refractivity contribution in [1.82, 2.24) is 0 Å². The number of thioether (sulfide) groups is 1. The van der Waals surface area contributed by atoms with Gasteiger partial charge in [0.05, 0.1) is 39.6 Å². The summed E-state index contributed by atoms with van der Waals surface area (Å²) in [5.74, 6) is 1.69. The summed E-state index contributed by atoms with van der Waals surface area (Å²) in [4.78, 5) is 1.12. The molecule has 0 aliphatic carbocycles. The van der Waals surface area contributed by atoms with E-state index >= 15 is 0 Å². The molecule has 0 amide bonds. The van der Waals surface area contributed by atoms with Crippen LogP contribution < -0.4 is 9.47 Å². The molecule has 6 nitrogen and oxygen atoms in total. The number of nitrogens with zero attached hydrogens (tertiary/aromatic N) is 1. The first-order valence-electron chi connectivity index (χ1n) is 9.41. The predicted molar refractivity (Wildman–Crippen MR) is 110 cm³/mol. The summed E-state index contributed by atoms with van der Waals surface area (Å²) in [5.41, 5.74) is 1.77. The molecular weight excluding hydrogens is 378 g/mol. The molecule has 0 spiro atoms. The highest BCUT2D eigenvalue weighted by Crippen LogP contribution is 2.22. The van der Waals surface area contributed by atoms with E-state index in [2.05, 4.69) is 0 Å². The van der Waals surface area contributed by atoms with Gasteiger partial charge in [-0.1, -0.05) is 18.2 Å². The molecule has 0 radical (unpaired) electrons. The van der Waals surface area contributed by atoms with Crippen LogP contribution in [0, 0.1) is 19.1 Å². The molecule has 0 aliphatic heterocycles. The lowest BCUT2D eigenvalue weighted by Crippen LogP contribution is -2.30. The highest BCUT2D eigenvalue weighted by Gasteiger charge is 2.08. The molecule has 0 saturated heterocycles. The number of para-hydroxylation sites is 1. The van der Waals surface area contributed by atoms with E-state index in [0.717, 1.165) is 32.4 Å². The average molecular weight is 408 g/mol. The van der Waals surface area contributed by atoms with Crippen molar-refractivity contribution in [3.63, 3.8) is 0 Å². The van der Waals surface area contributed by atoms with Crippen molar-refractivity contribution in [1.29, 1.82) is 0 Å². The van der Waals surface area contributed by atoms with Crippen molar-refractivity contribution in [2.24, 2.45) is 0 Å². The molecule has 7 heteroatoms. The number of benzene rings is 1. The zero-order valence-corrected chi connectivity index (χ0v) is 17.4. The van der Waals surface area contributed by atoms with Gasteiger partial charge in [0.15, 0.2) is 11.9 Å². The molecule has 0 atom stereocenters. The molecule has 0 aliphatic rings. The van der Waals surface area contributed by atoms with Gasteiger partial charge in [0.2, 0.25) is 0 Å². The second-order valence-corrected chi connectivity index (χ2v) is 7.20. The zero-order chi connectivity index (χ0) is 20.0. The lowest BCUT2D eigenvalue weighted by atomic mass is 10.2. The first kappa shape index (κ1) is 22.5. The molecule has 2 aromatic rings. The summed E-state index contributed by atoms with van der Waals surface area (Å²) in [7, 11) is 0. The number of ether oxygens (including phenoxy) is 4. The van der Waals surface area contributed by atoms with Gasteiger partial charge in [-0.2, -0.15) is 4.73 Å². The fraction of sp³-hybridized carbons (Fsp3) is 0.476. The van der Waals surface area contributed by atoms with Crippen LogP contribution in [0.2, 0.25) is 0 Å². The van der Waals surface area contributed by atoms with Crippen molar-refractivity contribution in [3.8, 4) is 5.75 Å². The van der Waals surface area contributed by atoms with Crippen LogP contribution in [0.4, 0.5) is 0 Å². The molecule has 1 heterocycles. The van der Waals surface area contributed by atoms with E-state index in [0.29, 0.717) is 46.2 Å². The Kier molecular flexibility index (Phi) is 10.8. The van der Waals surface area contributed by atoms with Crippen LogP contribution in [-0.4, -0.2) is 52.0 Å². The predicted octanol–water partition coefficient (Wildman–Crippen LogP) is 3.16. The Bertz CT molecular complexity index is 684. The number of pyridine rings is 1. The quantitative estimate of drug-likeness (QED) is 0.207. The Labute approximate surface area is 171 Å². The smallest absolute Gasteiger partial charge is 0.193 e. The SMILES string of the molecule is Cc1c(SCCOCCOCCOCCOc2ccccc2)cc[n+]([O-])c1C. The largest absolute Gasteiger partial charge is 0.619 e. The highest BCUT2D eigenvalue weighted by molar-refractivity contribution is 7.99. The Hall–Kier alpha value is -1.80. The lowest BCUT2D eigenvalue weighted by Gasteiger charge is -2.09. The van der Waals surface area contributed by atoms with Gasteiger partial charge >= 0.3 is 0 Å². The molecule has 2 rings (SSSR count). The summed E-state index contributed by atoms with van der Waals surface area (Å²) in [6, 6.07) is 11.5. The third-order valence-corrected chi connectivity index (χ3v) is 5.20. The van der Waals surface area contributed by atoms with E-state index in [4.69, 9.17) is 18.9 Å². The second-order valence-electron chi connectivity index (χ2n) is 6.06. The summed E-state index contributed by atoms with van der Waals surface area (Å²) in [6.07, 6.45) is 1.55. The zero-order valence-electron chi connectivity index (χ0n) is 16.6. The minimum absolute atomic E-state index is 0.528. The summed E-state index contributed by atoms with van der Waals surface area (Å²) < 4.78 is 22.9. The fourth-order valence-corrected chi connectivity index (χ4v) is 3.30. The number of hydrogen-bond acceptors (Lipinski definition) is 6. The van der Waals surface area contributed by atoms with Crippen molar-refractivity contribution >= 4 is 11.8 Å². The highest BCUT2D eigenvalue weighted by atomic mass is 32.2. The van der Waals surface area contributed by atoms with E-state index in [1.54, 1.807) is 18.0 Å². The minimum atomic E-state index is 0.528. The normalized spacial score (nSPS) is 10.9. The van der Waals surface area contributed by atoms with E-state index in [1.165, 1.54) is 0 Å². The van der Waals surface area contributed by atoms with E-state index < -0.39 is 0 Å². The lowest BCUT2D eigenvalue weighted by molar-refractivity contribution is -0.613. The molecular formula is C21H29NO5S. The molecule has 0 fully saturated rings. The average Bonchev–Trinajstić information content (AvgIpc) is 2.72. The van der Waals surface area contributed by atoms with Crippen LogP contribution in [0.15, 0.2) is 47.5 Å². The van der Waals surface area contributed by atoms with E-state index in [-0.39, 0.29) is 0 Å². The maximum absolute atomic E-state index is 11.5. The molecule has 0 saturated carbocycles. The van der Waals surface area contributed by atoms with Gasteiger partial charge in [-0.3, -0.25) is 0 Å². The third-order valence-electron chi connectivity index (χ3n) is 4.07. The summed E-state index contributed by atoms with van der Waals surface area (Å²) in [6.45, 7) is 7.71. The van der Waals surface area contributed by atoms with Crippen molar-refractivity contribution in [2.45, 2.75) is 18.7 Å². The topological polar surface area (TPSA) is 63.9 Å². The first-order valence-corrected chi connectivity index (χ1v) is 10.4. The van der Waals surface area contributed by atoms with Crippen molar-refractivity contribution < 1.29 is 23.7 Å². The van der Waals surface area contributed by atoms with Crippen molar-refractivity contribution in [3.05, 3.63) is 59.1 Å². The van der Waals surface area contributed by atoms with Crippen LogP contribution in [0.1, 0.15) is 11.3 Å². The van der Waals surface area contributed by atoms with Gasteiger partial charge in [-0.05, 0) is 19.1 Å². The minimum Gasteiger partial charge on any atom is -0.619 e. The molecule has 1 aromatic carbocycles. The Morgan fingerprint density at radius 1 is 0.821 bits per heavy atom. The van der Waals surface area contributed by atoms with Crippen LogP contribution in [0.3, 0.4) is 0 Å². The van der Waals surface area contributed by atoms with Crippen LogP contribution in [-0.2, 0) is 14.2 Å². The Balaban J connectivity index is 1.38. The van der Waals surface area contributed by atoms with E-state index in [1.807, 2.05) is 50.2 Å². The third kappa shape index (κ3) is 8.48. The fourth-order valence-electron chi connectivity index (χ4n) is 2.36. The van der Waals surface area contributed by atoms with Gasteiger partial charge in [0, 0.05) is 29.2 Å². The number of hydrogen-bond donors (Lipinski definition) is 0. The van der Waals surface area contributed by atoms with Crippen molar-refractivity contribution in [2.75, 3.05) is 52.0 Å². The maximum Gasteiger partial charge on any atom is 0.193 e. The Morgan fingerprint density at radius 2 is 1.43 bits per heavy atom. The second kappa shape index (κ2) is 13.4. The maximum atomic E-state index is 11.5. The van der Waals surface area contributed by atoms with Gasteiger partial charge in [0.1, 0.15) is 12.4 Å². The molecule has 0 unspecified atom stereocenters. The van der Waals surface area contributed by atoms with Crippen LogP contribution in [0.25, 0.3) is 0 Å². The van der Waals surface area contributed by atoms with Crippen LogP contribution >= 0.6 is 11.8 Å².